The number of pyridine rings is 1. The van der Waals surface area contributed by atoms with Crippen molar-refractivity contribution in [3.05, 3.63) is 35.5 Å². The van der Waals surface area contributed by atoms with E-state index in [1.807, 2.05) is 11.8 Å². The van der Waals surface area contributed by atoms with E-state index in [2.05, 4.69) is 31.2 Å². The van der Waals surface area contributed by atoms with Crippen LogP contribution in [0.4, 0.5) is 0 Å². The monoisotopic (exact) mass is 201 g/mol. The number of benzene rings is 1. The molecule has 1 aromatic heterocycles. The predicted octanol–water partition coefficient (Wildman–Crippen LogP) is 3.19. The molecule has 0 N–H and O–H groups in total. The molecule has 1 aliphatic heterocycles. The van der Waals surface area contributed by atoms with Crippen molar-refractivity contribution in [2.45, 2.75) is 18.2 Å². The van der Waals surface area contributed by atoms with E-state index in [0.29, 0.717) is 0 Å². The van der Waals surface area contributed by atoms with E-state index in [0.717, 1.165) is 11.9 Å². The third-order valence-electron chi connectivity index (χ3n) is 2.75. The van der Waals surface area contributed by atoms with Crippen LogP contribution >= 0.6 is 11.8 Å². The zero-order chi connectivity index (χ0) is 9.54. The van der Waals surface area contributed by atoms with Crippen molar-refractivity contribution in [3.63, 3.8) is 0 Å². The minimum Gasteiger partial charge on any atom is -0.252 e. The lowest BCUT2D eigenvalue weighted by atomic mass is 10.1. The summed E-state index contributed by atoms with van der Waals surface area (Å²) in [7, 11) is 0. The summed E-state index contributed by atoms with van der Waals surface area (Å²) in [5.41, 5.74) is 3.85. The van der Waals surface area contributed by atoms with E-state index in [1.54, 1.807) is 0 Å². The Bertz CT molecular complexity index is 505. The standard InChI is InChI=1S/C12H11NS/c1-8-9-4-2-3-5-10(9)13-11-6-7-14-12(8)11/h2-5H,6-7H2,1H3. The third-order valence-corrected chi connectivity index (χ3v) is 3.99. The van der Waals surface area contributed by atoms with Crippen molar-refractivity contribution in [1.29, 1.82) is 0 Å². The topological polar surface area (TPSA) is 12.9 Å². The second-order valence-electron chi connectivity index (χ2n) is 3.63. The van der Waals surface area contributed by atoms with Crippen molar-refractivity contribution in [3.8, 4) is 0 Å². The number of hydrogen-bond donors (Lipinski definition) is 0. The van der Waals surface area contributed by atoms with Gasteiger partial charge in [0.2, 0.25) is 0 Å². The molecule has 1 aromatic carbocycles. The van der Waals surface area contributed by atoms with Crippen LogP contribution in [0.3, 0.4) is 0 Å². The Kier molecular flexibility index (Phi) is 1.77. The highest BCUT2D eigenvalue weighted by Crippen LogP contribution is 2.36. The van der Waals surface area contributed by atoms with Crippen molar-refractivity contribution in [2.24, 2.45) is 0 Å². The molecule has 14 heavy (non-hydrogen) atoms. The normalized spacial score (nSPS) is 14.6. The van der Waals surface area contributed by atoms with Gasteiger partial charge >= 0.3 is 0 Å². The van der Waals surface area contributed by atoms with Gasteiger partial charge < -0.3 is 0 Å². The first kappa shape index (κ1) is 8.30. The first-order chi connectivity index (χ1) is 6.86. The molecule has 0 atom stereocenters. The summed E-state index contributed by atoms with van der Waals surface area (Å²) < 4.78 is 0. The molecule has 0 unspecified atom stereocenters. The van der Waals surface area contributed by atoms with Gasteiger partial charge in [-0.15, -0.1) is 11.8 Å². The fraction of sp³-hybridized carbons (Fsp3) is 0.250. The Hall–Kier alpha value is -1.02. The molecular formula is C12H11NS. The molecule has 0 aliphatic carbocycles. The van der Waals surface area contributed by atoms with Crippen LogP contribution in [0.5, 0.6) is 0 Å². The summed E-state index contributed by atoms with van der Waals surface area (Å²) in [4.78, 5) is 6.12. The van der Waals surface area contributed by atoms with Crippen LogP contribution in [0, 0.1) is 6.92 Å². The number of para-hydroxylation sites is 1. The van der Waals surface area contributed by atoms with E-state index in [4.69, 9.17) is 4.98 Å². The van der Waals surface area contributed by atoms with Crippen LogP contribution < -0.4 is 0 Å². The molecule has 2 heteroatoms. The molecule has 1 nitrogen and oxygen atoms in total. The molecule has 0 fully saturated rings. The van der Waals surface area contributed by atoms with Gasteiger partial charge in [0.25, 0.3) is 0 Å². The first-order valence-electron chi connectivity index (χ1n) is 4.87. The van der Waals surface area contributed by atoms with Gasteiger partial charge in [0, 0.05) is 22.5 Å². The number of nitrogens with zero attached hydrogens (tertiary/aromatic N) is 1. The van der Waals surface area contributed by atoms with Crippen LogP contribution in [-0.2, 0) is 6.42 Å². The number of thioether (sulfide) groups is 1. The fourth-order valence-electron chi connectivity index (χ4n) is 2.03. The highest BCUT2D eigenvalue weighted by Gasteiger charge is 2.17. The number of aromatic nitrogens is 1. The van der Waals surface area contributed by atoms with Crippen LogP contribution in [-0.4, -0.2) is 10.7 Å². The second kappa shape index (κ2) is 2.99. The highest BCUT2D eigenvalue weighted by atomic mass is 32.2. The SMILES string of the molecule is Cc1c2c(nc3ccccc13)CCS2. The predicted molar refractivity (Wildman–Crippen MR) is 60.9 cm³/mol. The number of fused-ring (bicyclic) bond motifs is 2. The molecule has 2 heterocycles. The van der Waals surface area contributed by atoms with E-state index >= 15 is 0 Å². The van der Waals surface area contributed by atoms with Crippen molar-refractivity contribution in [1.82, 2.24) is 4.98 Å². The maximum atomic E-state index is 4.70. The molecular weight excluding hydrogens is 190 g/mol. The molecule has 70 valence electrons. The molecule has 3 rings (SSSR count). The van der Waals surface area contributed by atoms with Gasteiger partial charge in [0.1, 0.15) is 0 Å². The van der Waals surface area contributed by atoms with Crippen molar-refractivity contribution < 1.29 is 0 Å². The lowest BCUT2D eigenvalue weighted by Crippen LogP contribution is -1.91. The lowest BCUT2D eigenvalue weighted by molar-refractivity contribution is 1.04. The number of hydrogen-bond acceptors (Lipinski definition) is 2. The highest BCUT2D eigenvalue weighted by molar-refractivity contribution is 7.99. The fourth-order valence-corrected chi connectivity index (χ4v) is 3.17. The van der Waals surface area contributed by atoms with Gasteiger partial charge in [-0.05, 0) is 18.6 Å². The maximum absolute atomic E-state index is 4.70. The van der Waals surface area contributed by atoms with E-state index in [-0.39, 0.29) is 0 Å². The minimum atomic E-state index is 1.13. The Morgan fingerprint density at radius 3 is 3.07 bits per heavy atom. The Morgan fingerprint density at radius 2 is 2.14 bits per heavy atom. The summed E-state index contributed by atoms with van der Waals surface area (Å²) in [5, 5.41) is 1.31. The van der Waals surface area contributed by atoms with Gasteiger partial charge in [-0.1, -0.05) is 18.2 Å². The number of aryl methyl sites for hydroxylation is 2. The summed E-state index contributed by atoms with van der Waals surface area (Å²) in [6.07, 6.45) is 1.13. The van der Waals surface area contributed by atoms with Gasteiger partial charge in [0.05, 0.1) is 11.2 Å². The maximum Gasteiger partial charge on any atom is 0.0708 e. The number of rotatable bonds is 0. The van der Waals surface area contributed by atoms with Crippen LogP contribution in [0.15, 0.2) is 29.2 Å². The molecule has 0 saturated carbocycles. The summed E-state index contributed by atoms with van der Waals surface area (Å²) >= 11 is 1.95. The van der Waals surface area contributed by atoms with Gasteiger partial charge in [-0.2, -0.15) is 0 Å². The van der Waals surface area contributed by atoms with Crippen LogP contribution in [0.1, 0.15) is 11.3 Å². The van der Waals surface area contributed by atoms with Crippen LogP contribution in [0.2, 0.25) is 0 Å². The first-order valence-corrected chi connectivity index (χ1v) is 5.86. The molecule has 2 aromatic rings. The average molecular weight is 201 g/mol. The minimum absolute atomic E-state index is 1.13. The quantitative estimate of drug-likeness (QED) is 0.649. The average Bonchev–Trinajstić information content (AvgIpc) is 2.66. The van der Waals surface area contributed by atoms with E-state index in [1.165, 1.54) is 27.3 Å². The zero-order valence-electron chi connectivity index (χ0n) is 8.08. The summed E-state index contributed by atoms with van der Waals surface area (Å²) in [6, 6.07) is 8.41. The smallest absolute Gasteiger partial charge is 0.0708 e. The Morgan fingerprint density at radius 1 is 1.29 bits per heavy atom. The zero-order valence-corrected chi connectivity index (χ0v) is 8.90. The van der Waals surface area contributed by atoms with Gasteiger partial charge in [0.15, 0.2) is 0 Å². The summed E-state index contributed by atoms with van der Waals surface area (Å²) in [6.45, 7) is 2.21. The van der Waals surface area contributed by atoms with Crippen molar-refractivity contribution in [2.75, 3.05) is 5.75 Å². The second-order valence-corrected chi connectivity index (χ2v) is 4.73. The largest absolute Gasteiger partial charge is 0.252 e. The molecule has 0 amide bonds. The van der Waals surface area contributed by atoms with E-state index in [9.17, 15) is 0 Å². The Balaban J connectivity index is 2.44. The van der Waals surface area contributed by atoms with Crippen LogP contribution in [0.25, 0.3) is 10.9 Å². The molecule has 0 spiro atoms. The summed E-state index contributed by atoms with van der Waals surface area (Å²) in [5.74, 6) is 1.19. The van der Waals surface area contributed by atoms with E-state index < -0.39 is 0 Å². The van der Waals surface area contributed by atoms with Crippen molar-refractivity contribution >= 4 is 22.7 Å². The molecule has 0 saturated heterocycles. The van der Waals surface area contributed by atoms with Gasteiger partial charge in [-0.25, -0.2) is 0 Å². The lowest BCUT2D eigenvalue weighted by Gasteiger charge is -2.06. The van der Waals surface area contributed by atoms with Gasteiger partial charge in [-0.3, -0.25) is 4.98 Å². The Labute approximate surface area is 87.5 Å². The molecule has 0 bridgehead atoms. The molecule has 0 radical (unpaired) electrons. The molecule has 1 aliphatic rings. The third kappa shape index (κ3) is 1.07.